The fourth-order valence-electron chi connectivity index (χ4n) is 3.87. The Hall–Kier alpha value is -3.22. The van der Waals surface area contributed by atoms with Gasteiger partial charge in [0.2, 0.25) is 5.65 Å². The van der Waals surface area contributed by atoms with Gasteiger partial charge in [-0.25, -0.2) is 9.97 Å². The molecule has 1 saturated heterocycles. The molecule has 10 nitrogen and oxygen atoms in total. The molecule has 0 bridgehead atoms. The van der Waals surface area contributed by atoms with Gasteiger partial charge in [0.05, 0.1) is 12.6 Å². The van der Waals surface area contributed by atoms with Crippen molar-refractivity contribution in [2.75, 3.05) is 18.0 Å². The highest BCUT2D eigenvalue weighted by atomic mass is 19.4. The number of halogens is 3. The van der Waals surface area contributed by atoms with Crippen LogP contribution in [-0.2, 0) is 17.6 Å². The topological polar surface area (TPSA) is 118 Å². The molecule has 0 unspecified atom stereocenters. The van der Waals surface area contributed by atoms with Gasteiger partial charge in [0.1, 0.15) is 5.82 Å². The summed E-state index contributed by atoms with van der Waals surface area (Å²) in [5.74, 6) is 1.12. The van der Waals surface area contributed by atoms with Gasteiger partial charge in [0.15, 0.2) is 11.3 Å². The molecule has 0 radical (unpaired) electrons. The first-order valence-electron chi connectivity index (χ1n) is 10.5. The van der Waals surface area contributed by atoms with Crippen molar-refractivity contribution in [3.63, 3.8) is 0 Å². The van der Waals surface area contributed by atoms with Crippen LogP contribution in [-0.4, -0.2) is 60.4 Å². The Bertz CT molecular complexity index is 1240. The third kappa shape index (κ3) is 3.69. The van der Waals surface area contributed by atoms with Gasteiger partial charge < -0.3 is 10.0 Å². The lowest BCUT2D eigenvalue weighted by molar-refractivity contribution is -0.166. The van der Waals surface area contributed by atoms with Crippen LogP contribution in [0.1, 0.15) is 44.1 Å². The molecule has 33 heavy (non-hydrogen) atoms. The molecule has 0 aromatic carbocycles. The van der Waals surface area contributed by atoms with E-state index < -0.39 is 17.9 Å². The first kappa shape index (κ1) is 21.6. The molecule has 1 N–H and O–H groups in total. The summed E-state index contributed by atoms with van der Waals surface area (Å²) < 4.78 is 40.8. The van der Waals surface area contributed by atoms with Crippen LogP contribution in [0.5, 0.6) is 0 Å². The molecule has 3 aromatic rings. The second kappa shape index (κ2) is 7.14. The predicted molar refractivity (Wildman–Crippen MR) is 111 cm³/mol. The number of aromatic nitrogens is 6. The minimum absolute atomic E-state index is 0.0741. The average Bonchev–Trinajstić information content (AvgIpc) is 3.29. The first-order chi connectivity index (χ1) is 15.5. The van der Waals surface area contributed by atoms with Gasteiger partial charge in [-0.1, -0.05) is 20.8 Å². The third-order valence-corrected chi connectivity index (χ3v) is 5.69. The van der Waals surface area contributed by atoms with Crippen molar-refractivity contribution in [1.82, 2.24) is 29.9 Å². The van der Waals surface area contributed by atoms with Crippen LogP contribution >= 0.6 is 0 Å². The Balaban J connectivity index is 1.56. The van der Waals surface area contributed by atoms with Crippen molar-refractivity contribution in [3.8, 4) is 0 Å². The van der Waals surface area contributed by atoms with E-state index in [1.165, 1.54) is 23.3 Å². The minimum Gasteiger partial charge on any atom is -0.391 e. The molecule has 2 aliphatic heterocycles. The van der Waals surface area contributed by atoms with E-state index in [1.807, 2.05) is 25.7 Å². The summed E-state index contributed by atoms with van der Waals surface area (Å²) in [6.07, 6.45) is -1.89. The summed E-state index contributed by atoms with van der Waals surface area (Å²) >= 11 is 0. The van der Waals surface area contributed by atoms with E-state index >= 15 is 0 Å². The molecule has 13 heteroatoms. The lowest BCUT2D eigenvalue weighted by Crippen LogP contribution is -2.31. The van der Waals surface area contributed by atoms with Crippen LogP contribution in [0.4, 0.5) is 19.0 Å². The van der Waals surface area contributed by atoms with Crippen molar-refractivity contribution < 1.29 is 18.3 Å². The van der Waals surface area contributed by atoms with Crippen LogP contribution in [0.3, 0.4) is 0 Å². The monoisotopic (exact) mass is 461 g/mol. The number of alkyl halides is 3. The van der Waals surface area contributed by atoms with Crippen LogP contribution in [0.25, 0.3) is 11.2 Å². The fourth-order valence-corrected chi connectivity index (χ4v) is 3.87. The van der Waals surface area contributed by atoms with Crippen molar-refractivity contribution >= 4 is 17.0 Å². The molecular formula is C20H22F3N9O. The number of β-amino-alcohol motifs (C(OH)–C–C–N with tert-alkyl or cyclic N) is 1. The second-order valence-corrected chi connectivity index (χ2v) is 9.31. The number of rotatable bonds is 4. The highest BCUT2D eigenvalue weighted by Gasteiger charge is 2.65. The summed E-state index contributed by atoms with van der Waals surface area (Å²) in [5.41, 5.74) is -2.02. The maximum absolute atomic E-state index is 13.6. The largest absolute Gasteiger partial charge is 0.442 e. The van der Waals surface area contributed by atoms with E-state index in [2.05, 4.69) is 30.4 Å². The number of nitrogens with zero attached hydrogens (tertiary/aromatic N) is 9. The predicted octanol–water partition coefficient (Wildman–Crippen LogP) is 2.71. The molecule has 174 valence electrons. The summed E-state index contributed by atoms with van der Waals surface area (Å²) in [6, 6.07) is 1.26. The van der Waals surface area contributed by atoms with E-state index in [0.29, 0.717) is 42.3 Å². The minimum atomic E-state index is -4.65. The van der Waals surface area contributed by atoms with Crippen molar-refractivity contribution in [2.45, 2.75) is 57.1 Å². The van der Waals surface area contributed by atoms with Crippen LogP contribution < -0.4 is 4.90 Å². The SMILES string of the molecule is CC(C)(C)c1nc(N2CC[C@H](O)C2)c2nn(Cc3cnccc3C3(C(F)(F)F)N=N3)nc2n1. The number of fused-ring (bicyclic) bond motifs is 1. The standard InChI is InChI=1S/C20H22F3N9O/c1-18(2,3)17-25-15-14(16(26-17)31-7-5-12(33)10-31)27-32(28-15)9-11-8-24-6-4-13(11)19(29-30-19)20(21,22)23/h4,6,8,12,33H,5,7,9-10H2,1-3H3/t12-/m0/s1. The summed E-state index contributed by atoms with van der Waals surface area (Å²) in [6.45, 7) is 6.86. The average molecular weight is 461 g/mol. The molecule has 1 atom stereocenters. The highest BCUT2D eigenvalue weighted by molar-refractivity contribution is 5.82. The summed E-state index contributed by atoms with van der Waals surface area (Å²) in [5, 5.41) is 25.5. The molecule has 3 aromatic heterocycles. The molecule has 2 aliphatic rings. The number of aliphatic hydroxyl groups is 1. The number of pyridine rings is 1. The van der Waals surface area contributed by atoms with E-state index in [9.17, 15) is 18.3 Å². The zero-order valence-electron chi connectivity index (χ0n) is 18.2. The van der Waals surface area contributed by atoms with Crippen LogP contribution in [0.15, 0.2) is 28.7 Å². The number of aliphatic hydroxyl groups excluding tert-OH is 1. The van der Waals surface area contributed by atoms with Crippen molar-refractivity contribution in [3.05, 3.63) is 35.4 Å². The summed E-state index contributed by atoms with van der Waals surface area (Å²) in [4.78, 5) is 16.4. The molecule has 5 rings (SSSR count). The smallest absolute Gasteiger partial charge is 0.391 e. The Morgan fingerprint density at radius 3 is 2.52 bits per heavy atom. The Morgan fingerprint density at radius 2 is 1.91 bits per heavy atom. The Morgan fingerprint density at radius 1 is 1.15 bits per heavy atom. The molecule has 0 spiro atoms. The van der Waals surface area contributed by atoms with Crippen LogP contribution in [0.2, 0.25) is 0 Å². The maximum Gasteiger partial charge on any atom is 0.442 e. The summed E-state index contributed by atoms with van der Waals surface area (Å²) in [7, 11) is 0. The molecule has 0 amide bonds. The van der Waals surface area contributed by atoms with Gasteiger partial charge in [-0.3, -0.25) is 4.98 Å². The Labute approximate surface area is 186 Å². The van der Waals surface area contributed by atoms with E-state index in [0.717, 1.165) is 0 Å². The van der Waals surface area contributed by atoms with Crippen molar-refractivity contribution in [1.29, 1.82) is 0 Å². The second-order valence-electron chi connectivity index (χ2n) is 9.31. The van der Waals surface area contributed by atoms with Crippen molar-refractivity contribution in [2.24, 2.45) is 10.2 Å². The van der Waals surface area contributed by atoms with Gasteiger partial charge in [-0.2, -0.15) is 18.0 Å². The zero-order valence-corrected chi connectivity index (χ0v) is 18.2. The normalized spacial score (nSPS) is 20.1. The Kier molecular flexibility index (Phi) is 4.68. The van der Waals surface area contributed by atoms with Gasteiger partial charge in [0, 0.05) is 42.0 Å². The maximum atomic E-state index is 13.6. The number of hydrogen-bond acceptors (Lipinski definition) is 9. The number of hydrogen-bond donors (Lipinski definition) is 1. The molecule has 1 fully saturated rings. The molecular weight excluding hydrogens is 439 g/mol. The third-order valence-electron chi connectivity index (χ3n) is 5.69. The highest BCUT2D eigenvalue weighted by Crippen LogP contribution is 2.53. The van der Waals surface area contributed by atoms with Gasteiger partial charge in [0.25, 0.3) is 0 Å². The fraction of sp³-hybridized carbons (Fsp3) is 0.550. The lowest BCUT2D eigenvalue weighted by atomic mass is 9.96. The van der Waals surface area contributed by atoms with E-state index in [1.54, 1.807) is 0 Å². The lowest BCUT2D eigenvalue weighted by Gasteiger charge is -2.21. The first-order valence-corrected chi connectivity index (χ1v) is 10.5. The van der Waals surface area contributed by atoms with Gasteiger partial charge in [-0.15, -0.1) is 20.4 Å². The van der Waals surface area contributed by atoms with E-state index in [-0.39, 0.29) is 23.1 Å². The van der Waals surface area contributed by atoms with Gasteiger partial charge >= 0.3 is 11.8 Å². The molecule has 5 heterocycles. The molecule has 0 saturated carbocycles. The van der Waals surface area contributed by atoms with Gasteiger partial charge in [-0.05, 0) is 12.5 Å². The molecule has 0 aliphatic carbocycles. The van der Waals surface area contributed by atoms with Crippen LogP contribution in [0, 0.1) is 0 Å². The zero-order chi connectivity index (χ0) is 23.6. The van der Waals surface area contributed by atoms with E-state index in [4.69, 9.17) is 4.98 Å². The number of anilines is 1. The quantitative estimate of drug-likeness (QED) is 0.635.